The minimum Gasteiger partial charge on any atom is -0.482 e. The number of ketones is 1. The van der Waals surface area contributed by atoms with Crippen molar-refractivity contribution in [2.24, 2.45) is 17.8 Å². The Hall–Kier alpha value is -1.88. The number of nitrogens with one attached hydrogen (secondary N) is 1. The molecular formula is C25H29ClF3NO6. The van der Waals surface area contributed by atoms with E-state index in [1.807, 2.05) is 0 Å². The lowest BCUT2D eigenvalue weighted by Gasteiger charge is -2.35. The number of Topliss-reactive ketones (excluding diaryl/α,β-unsaturated/α-hetero) is 1. The molecule has 1 aromatic carbocycles. The Kier molecular flexibility index (Phi) is 7.24. The molecule has 11 heteroatoms. The van der Waals surface area contributed by atoms with Crippen LogP contribution in [-0.4, -0.2) is 54.1 Å². The van der Waals surface area contributed by atoms with E-state index in [0.717, 1.165) is 19.3 Å². The van der Waals surface area contributed by atoms with Crippen LogP contribution in [0.1, 0.15) is 56.6 Å². The summed E-state index contributed by atoms with van der Waals surface area (Å²) in [4.78, 5) is 25.3. The van der Waals surface area contributed by atoms with E-state index in [9.17, 15) is 27.9 Å². The molecule has 36 heavy (non-hydrogen) atoms. The summed E-state index contributed by atoms with van der Waals surface area (Å²) in [6, 6.07) is 5.02. The van der Waals surface area contributed by atoms with Crippen LogP contribution < -0.4 is 10.1 Å². The number of aliphatic hydroxyl groups excluding tert-OH is 1. The van der Waals surface area contributed by atoms with E-state index < -0.39 is 30.8 Å². The van der Waals surface area contributed by atoms with Crippen molar-refractivity contribution in [1.82, 2.24) is 5.32 Å². The molecule has 1 amide bonds. The van der Waals surface area contributed by atoms with Crippen LogP contribution in [0, 0.1) is 17.8 Å². The molecule has 198 valence electrons. The first-order valence-corrected chi connectivity index (χ1v) is 12.7. The molecule has 5 rings (SSSR count). The smallest absolute Gasteiger partial charge is 0.482 e. The maximum atomic E-state index is 13.0. The molecule has 2 bridgehead atoms. The second kappa shape index (κ2) is 10.1. The maximum Gasteiger partial charge on any atom is 0.522 e. The van der Waals surface area contributed by atoms with Crippen molar-refractivity contribution < 1.29 is 42.1 Å². The summed E-state index contributed by atoms with van der Waals surface area (Å²) >= 11 is 5.99. The first-order valence-electron chi connectivity index (χ1n) is 12.4. The van der Waals surface area contributed by atoms with E-state index in [1.54, 1.807) is 18.2 Å². The van der Waals surface area contributed by atoms with Gasteiger partial charge in [0.15, 0.2) is 11.9 Å². The topological polar surface area (TPSA) is 94.1 Å². The summed E-state index contributed by atoms with van der Waals surface area (Å²) in [6.45, 7) is -0.187. The average molecular weight is 532 g/mol. The number of hydrogen-bond donors (Lipinski definition) is 2. The van der Waals surface area contributed by atoms with Crippen molar-refractivity contribution in [1.29, 1.82) is 0 Å². The van der Waals surface area contributed by atoms with Crippen LogP contribution >= 0.6 is 11.6 Å². The molecule has 1 aromatic rings. The van der Waals surface area contributed by atoms with Crippen molar-refractivity contribution in [3.8, 4) is 5.75 Å². The van der Waals surface area contributed by atoms with Gasteiger partial charge in [-0.25, -0.2) is 0 Å². The standard InChI is InChI=1S/C25H29ClF3NO6/c26-15-1-2-22-18(7-15)20(31)10-23(35-22)21(32)6-13-4-14-3-12(13)5-19(14)30-24(33)11-34-16-8-17(9-16)36-25(27,28)29/h1-2,7,12-14,16-17,19-20,23,31H,3-6,8-11H2,(H,30,33)/t12-,13-,14-,16?,17?,19+,20+,23+/m0/s1. The van der Waals surface area contributed by atoms with Gasteiger partial charge in [0.2, 0.25) is 5.91 Å². The van der Waals surface area contributed by atoms with Gasteiger partial charge in [-0.2, -0.15) is 0 Å². The normalized spacial score (nSPS) is 35.0. The number of aliphatic hydroxyl groups is 1. The van der Waals surface area contributed by atoms with Gasteiger partial charge < -0.3 is 19.9 Å². The summed E-state index contributed by atoms with van der Waals surface area (Å²) in [5.74, 6) is 1.03. The van der Waals surface area contributed by atoms with Gasteiger partial charge >= 0.3 is 6.36 Å². The molecule has 0 aromatic heterocycles. The molecule has 3 fully saturated rings. The second-order valence-electron chi connectivity index (χ2n) is 10.5. The van der Waals surface area contributed by atoms with Crippen LogP contribution in [0.2, 0.25) is 5.02 Å². The summed E-state index contributed by atoms with van der Waals surface area (Å²) in [5, 5.41) is 13.9. The van der Waals surface area contributed by atoms with Crippen molar-refractivity contribution in [2.45, 2.75) is 81.8 Å². The highest BCUT2D eigenvalue weighted by Gasteiger charge is 2.47. The van der Waals surface area contributed by atoms with Crippen LogP contribution in [0.25, 0.3) is 0 Å². The average Bonchev–Trinajstić information content (AvgIpc) is 3.34. The number of ether oxygens (including phenoxy) is 3. The third kappa shape index (κ3) is 5.82. The van der Waals surface area contributed by atoms with Gasteiger partial charge in [0, 0.05) is 42.3 Å². The number of carbonyl (C=O) groups excluding carboxylic acids is 2. The Morgan fingerprint density at radius 3 is 2.56 bits per heavy atom. The van der Waals surface area contributed by atoms with Gasteiger partial charge in [-0.05, 0) is 55.2 Å². The second-order valence-corrected chi connectivity index (χ2v) is 10.9. The lowest BCUT2D eigenvalue weighted by Crippen LogP contribution is -2.45. The molecule has 2 N–H and O–H groups in total. The third-order valence-electron chi connectivity index (χ3n) is 8.01. The molecule has 7 nitrogen and oxygen atoms in total. The van der Waals surface area contributed by atoms with E-state index in [-0.39, 0.29) is 55.4 Å². The monoisotopic (exact) mass is 531 g/mol. The van der Waals surface area contributed by atoms with Gasteiger partial charge in [0.05, 0.1) is 18.3 Å². The highest BCUT2D eigenvalue weighted by molar-refractivity contribution is 6.30. The molecule has 3 aliphatic carbocycles. The highest BCUT2D eigenvalue weighted by Crippen LogP contribution is 2.50. The zero-order chi connectivity index (χ0) is 25.6. The van der Waals surface area contributed by atoms with Gasteiger partial charge in [-0.15, -0.1) is 13.2 Å². The maximum absolute atomic E-state index is 13.0. The molecule has 4 aliphatic rings. The van der Waals surface area contributed by atoms with E-state index in [2.05, 4.69) is 10.1 Å². The Bertz CT molecular complexity index is 1000. The lowest BCUT2D eigenvalue weighted by atomic mass is 9.81. The molecule has 1 heterocycles. The predicted molar refractivity (Wildman–Crippen MR) is 121 cm³/mol. The fraction of sp³-hybridized carbons (Fsp3) is 0.680. The number of benzene rings is 1. The Balaban J connectivity index is 1.03. The Morgan fingerprint density at radius 1 is 1.08 bits per heavy atom. The molecule has 0 unspecified atom stereocenters. The minimum absolute atomic E-state index is 0.0181. The largest absolute Gasteiger partial charge is 0.522 e. The van der Waals surface area contributed by atoms with E-state index >= 15 is 0 Å². The number of rotatable bonds is 8. The number of fused-ring (bicyclic) bond motifs is 3. The fourth-order valence-electron chi connectivity index (χ4n) is 6.21. The molecule has 0 spiro atoms. The fourth-order valence-corrected chi connectivity index (χ4v) is 6.39. The van der Waals surface area contributed by atoms with Crippen molar-refractivity contribution in [3.05, 3.63) is 28.8 Å². The summed E-state index contributed by atoms with van der Waals surface area (Å²) in [7, 11) is 0. The first kappa shape index (κ1) is 25.8. The quantitative estimate of drug-likeness (QED) is 0.524. The van der Waals surface area contributed by atoms with Crippen molar-refractivity contribution in [2.75, 3.05) is 6.61 Å². The number of alkyl halides is 3. The van der Waals surface area contributed by atoms with E-state index in [0.29, 0.717) is 28.7 Å². The molecule has 3 saturated carbocycles. The van der Waals surface area contributed by atoms with Crippen LogP contribution in [0.5, 0.6) is 5.75 Å². The molecular weight excluding hydrogens is 503 g/mol. The van der Waals surface area contributed by atoms with Gasteiger partial charge in [-0.1, -0.05) is 11.6 Å². The van der Waals surface area contributed by atoms with Crippen molar-refractivity contribution >= 4 is 23.3 Å². The van der Waals surface area contributed by atoms with E-state index in [4.69, 9.17) is 21.1 Å². The number of halogens is 4. The van der Waals surface area contributed by atoms with Crippen LogP contribution in [0.3, 0.4) is 0 Å². The minimum atomic E-state index is -4.65. The van der Waals surface area contributed by atoms with Crippen molar-refractivity contribution in [3.63, 3.8) is 0 Å². The molecule has 1 aliphatic heterocycles. The Labute approximate surface area is 211 Å². The lowest BCUT2D eigenvalue weighted by molar-refractivity contribution is -0.357. The van der Waals surface area contributed by atoms with Gasteiger partial charge in [0.1, 0.15) is 12.4 Å². The highest BCUT2D eigenvalue weighted by atomic mass is 35.5. The number of amides is 1. The summed E-state index contributed by atoms with van der Waals surface area (Å²) < 4.78 is 51.7. The summed E-state index contributed by atoms with van der Waals surface area (Å²) in [5.41, 5.74) is 0.598. The van der Waals surface area contributed by atoms with Crippen LogP contribution in [0.15, 0.2) is 18.2 Å². The SMILES string of the molecule is O=C(COC1CC(OC(F)(F)F)C1)N[C@@H]1C[C@@H]2C[C@H]1C[C@H]2CC(=O)[C@H]1C[C@@H](O)c2cc(Cl)ccc2O1. The molecule has 0 radical (unpaired) electrons. The molecule has 0 saturated heterocycles. The zero-order valence-corrected chi connectivity index (χ0v) is 20.3. The zero-order valence-electron chi connectivity index (χ0n) is 19.5. The molecule has 6 atom stereocenters. The van der Waals surface area contributed by atoms with Gasteiger partial charge in [-0.3, -0.25) is 14.3 Å². The first-order chi connectivity index (χ1) is 17.0. The number of carbonyl (C=O) groups is 2. The predicted octanol–water partition coefficient (Wildman–Crippen LogP) is 4.10. The Morgan fingerprint density at radius 2 is 1.86 bits per heavy atom. The third-order valence-corrected chi connectivity index (χ3v) is 8.25. The van der Waals surface area contributed by atoms with Crippen LogP contribution in [0.4, 0.5) is 13.2 Å². The van der Waals surface area contributed by atoms with Gasteiger partial charge in [0.25, 0.3) is 0 Å². The summed E-state index contributed by atoms with van der Waals surface area (Å²) in [6.07, 6.45) is -4.04. The van der Waals surface area contributed by atoms with E-state index in [1.165, 1.54) is 0 Å². The number of hydrogen-bond acceptors (Lipinski definition) is 6. The van der Waals surface area contributed by atoms with Crippen LogP contribution in [-0.2, 0) is 19.1 Å².